The van der Waals surface area contributed by atoms with Crippen molar-refractivity contribution in [3.63, 3.8) is 0 Å². The summed E-state index contributed by atoms with van der Waals surface area (Å²) in [6.07, 6.45) is 4.58. The van der Waals surface area contributed by atoms with Crippen molar-refractivity contribution in [2.75, 3.05) is 6.54 Å². The molecule has 0 radical (unpaired) electrons. The smallest absolute Gasteiger partial charge is 0.408 e. The van der Waals surface area contributed by atoms with Crippen molar-refractivity contribution in [2.45, 2.75) is 6.42 Å². The number of nitrogens with zero attached hydrogens (tertiary/aromatic N) is 1. The number of carbonyl (C=O) groups is 1. The first-order valence-electron chi connectivity index (χ1n) is 8.32. The molecule has 0 aliphatic heterocycles. The molecule has 2 aromatic carbocycles. The number of hydrogen-bond donors (Lipinski definition) is 2. The summed E-state index contributed by atoms with van der Waals surface area (Å²) in [7, 11) is 0. The molecule has 0 saturated heterocycles. The van der Waals surface area contributed by atoms with Crippen LogP contribution in [0.3, 0.4) is 0 Å². The minimum absolute atomic E-state index is 0.109. The zero-order valence-corrected chi connectivity index (χ0v) is 13.9. The molecule has 130 valence electrons. The van der Waals surface area contributed by atoms with Crippen LogP contribution in [0.4, 0.5) is 0 Å². The lowest BCUT2D eigenvalue weighted by Gasteiger charge is -2.07. The van der Waals surface area contributed by atoms with Crippen LogP contribution in [0.15, 0.2) is 76.2 Å². The Morgan fingerprint density at radius 3 is 2.62 bits per heavy atom. The number of benzene rings is 2. The Balaban J connectivity index is 1.36. The van der Waals surface area contributed by atoms with Crippen molar-refractivity contribution >= 4 is 17.0 Å². The quantitative estimate of drug-likeness (QED) is 0.582. The van der Waals surface area contributed by atoms with Crippen LogP contribution in [0.1, 0.15) is 15.9 Å². The second kappa shape index (κ2) is 6.76. The fraction of sp³-hybridized carbons (Fsp3) is 0.100. The van der Waals surface area contributed by atoms with Crippen molar-refractivity contribution in [1.29, 1.82) is 0 Å². The largest absolute Gasteiger partial charge is 0.417 e. The minimum Gasteiger partial charge on any atom is -0.408 e. The zero-order chi connectivity index (χ0) is 17.9. The summed E-state index contributed by atoms with van der Waals surface area (Å²) in [4.78, 5) is 26.1. The molecule has 26 heavy (non-hydrogen) atoms. The molecular formula is C20H17N3O3. The Hall–Kier alpha value is -3.54. The van der Waals surface area contributed by atoms with Gasteiger partial charge in [0.05, 0.1) is 5.52 Å². The lowest BCUT2D eigenvalue weighted by molar-refractivity contribution is 0.0954. The number of nitrogens with one attached hydrogen (secondary N) is 2. The highest BCUT2D eigenvalue weighted by atomic mass is 16.4. The fourth-order valence-electron chi connectivity index (χ4n) is 2.87. The molecule has 0 spiro atoms. The molecule has 0 aliphatic rings. The van der Waals surface area contributed by atoms with Crippen molar-refractivity contribution < 1.29 is 9.21 Å². The van der Waals surface area contributed by atoms with Crippen LogP contribution in [0.25, 0.3) is 16.8 Å². The van der Waals surface area contributed by atoms with Crippen LogP contribution in [0.5, 0.6) is 0 Å². The van der Waals surface area contributed by atoms with Gasteiger partial charge in [0.1, 0.15) is 0 Å². The van der Waals surface area contributed by atoms with Crippen molar-refractivity contribution in [3.05, 3.63) is 88.7 Å². The molecule has 2 N–H and O–H groups in total. The summed E-state index contributed by atoms with van der Waals surface area (Å²) in [5.41, 5.74) is 3.84. The molecule has 1 amide bonds. The van der Waals surface area contributed by atoms with Gasteiger partial charge in [-0.1, -0.05) is 6.07 Å². The summed E-state index contributed by atoms with van der Waals surface area (Å²) in [6.45, 7) is 0.506. The van der Waals surface area contributed by atoms with Crippen LogP contribution in [0, 0.1) is 0 Å². The van der Waals surface area contributed by atoms with Gasteiger partial charge in [0.25, 0.3) is 5.91 Å². The summed E-state index contributed by atoms with van der Waals surface area (Å²) in [5.74, 6) is -0.573. The molecule has 6 heteroatoms. The van der Waals surface area contributed by atoms with Gasteiger partial charge >= 0.3 is 5.76 Å². The van der Waals surface area contributed by atoms with E-state index in [-0.39, 0.29) is 5.91 Å². The predicted molar refractivity (Wildman–Crippen MR) is 98.6 cm³/mol. The van der Waals surface area contributed by atoms with Crippen LogP contribution in [0.2, 0.25) is 0 Å². The minimum atomic E-state index is -0.464. The molecule has 4 rings (SSSR count). The maximum atomic E-state index is 12.3. The number of amides is 1. The van der Waals surface area contributed by atoms with E-state index in [1.165, 1.54) is 0 Å². The van der Waals surface area contributed by atoms with Crippen molar-refractivity contribution in [2.24, 2.45) is 0 Å². The highest BCUT2D eigenvalue weighted by Gasteiger charge is 2.06. The van der Waals surface area contributed by atoms with Crippen LogP contribution >= 0.6 is 0 Å². The van der Waals surface area contributed by atoms with E-state index in [4.69, 9.17) is 4.42 Å². The molecule has 2 aromatic heterocycles. The highest BCUT2D eigenvalue weighted by molar-refractivity contribution is 5.94. The third kappa shape index (κ3) is 3.30. The average Bonchev–Trinajstić information content (AvgIpc) is 3.30. The van der Waals surface area contributed by atoms with Crippen molar-refractivity contribution in [1.82, 2.24) is 14.9 Å². The first-order valence-corrected chi connectivity index (χ1v) is 8.32. The Labute approximate surface area is 149 Å². The SMILES string of the molecule is O=C(NCCc1ccc2oc(=O)[nH]c2c1)c1ccc(-n2cccc2)cc1. The molecule has 0 fully saturated rings. The monoisotopic (exact) mass is 347 g/mol. The van der Waals surface area contributed by atoms with Crippen molar-refractivity contribution in [3.8, 4) is 5.69 Å². The van der Waals surface area contributed by atoms with Gasteiger partial charge in [-0.3, -0.25) is 9.78 Å². The van der Waals surface area contributed by atoms with Gasteiger partial charge in [-0.2, -0.15) is 0 Å². The number of carbonyl (C=O) groups excluding carboxylic acids is 1. The first kappa shape index (κ1) is 16.0. The van der Waals surface area contributed by atoms with E-state index in [0.29, 0.717) is 29.6 Å². The molecule has 0 atom stereocenters. The van der Waals surface area contributed by atoms with Gasteiger partial charge in [-0.15, -0.1) is 0 Å². The number of oxazole rings is 1. The fourth-order valence-corrected chi connectivity index (χ4v) is 2.87. The normalized spacial score (nSPS) is 10.9. The lowest BCUT2D eigenvalue weighted by atomic mass is 10.1. The maximum absolute atomic E-state index is 12.3. The van der Waals surface area contributed by atoms with Crippen LogP contribution in [-0.2, 0) is 6.42 Å². The highest BCUT2D eigenvalue weighted by Crippen LogP contribution is 2.13. The topological polar surface area (TPSA) is 80.0 Å². The number of rotatable bonds is 5. The predicted octanol–water partition coefficient (Wildman–Crippen LogP) is 2.88. The molecular weight excluding hydrogens is 330 g/mol. The Morgan fingerprint density at radius 2 is 1.85 bits per heavy atom. The van der Waals surface area contributed by atoms with Gasteiger partial charge in [0.2, 0.25) is 0 Å². The number of aromatic nitrogens is 2. The first-order chi connectivity index (χ1) is 12.7. The van der Waals surface area contributed by atoms with E-state index in [9.17, 15) is 9.59 Å². The molecule has 0 unspecified atom stereocenters. The lowest BCUT2D eigenvalue weighted by Crippen LogP contribution is -2.25. The third-order valence-electron chi connectivity index (χ3n) is 4.21. The molecule has 2 heterocycles. The van der Waals surface area contributed by atoms with Crippen LogP contribution < -0.4 is 11.1 Å². The summed E-state index contributed by atoms with van der Waals surface area (Å²) < 4.78 is 6.96. The Bertz CT molecular complexity index is 1090. The second-order valence-corrected chi connectivity index (χ2v) is 5.99. The summed E-state index contributed by atoms with van der Waals surface area (Å²) >= 11 is 0. The number of hydrogen-bond acceptors (Lipinski definition) is 3. The van der Waals surface area contributed by atoms with Gasteiger partial charge in [0, 0.05) is 30.2 Å². The molecule has 4 aromatic rings. The van der Waals surface area contributed by atoms with Crippen LogP contribution in [-0.4, -0.2) is 22.0 Å². The standard InChI is InChI=1S/C20H17N3O3/c24-19(15-4-6-16(7-5-15)23-11-1-2-12-23)21-10-9-14-3-8-18-17(13-14)22-20(25)26-18/h1-8,11-13H,9-10H2,(H,21,24)(H,22,25). The summed E-state index contributed by atoms with van der Waals surface area (Å²) in [6, 6.07) is 16.9. The van der Waals surface area contributed by atoms with E-state index in [0.717, 1.165) is 11.3 Å². The molecule has 6 nitrogen and oxygen atoms in total. The average molecular weight is 347 g/mol. The van der Waals surface area contributed by atoms with E-state index >= 15 is 0 Å². The molecule has 0 bridgehead atoms. The number of fused-ring (bicyclic) bond motifs is 1. The van der Waals surface area contributed by atoms with Gasteiger partial charge < -0.3 is 14.3 Å². The maximum Gasteiger partial charge on any atom is 0.417 e. The van der Waals surface area contributed by atoms with Gasteiger partial charge in [-0.25, -0.2) is 4.79 Å². The summed E-state index contributed by atoms with van der Waals surface area (Å²) in [5, 5.41) is 2.91. The van der Waals surface area contributed by atoms with E-state index in [1.807, 2.05) is 65.5 Å². The Kier molecular flexibility index (Phi) is 4.15. The van der Waals surface area contributed by atoms with E-state index in [1.54, 1.807) is 6.07 Å². The van der Waals surface area contributed by atoms with E-state index in [2.05, 4.69) is 10.3 Å². The zero-order valence-electron chi connectivity index (χ0n) is 13.9. The molecule has 0 saturated carbocycles. The van der Waals surface area contributed by atoms with E-state index < -0.39 is 5.76 Å². The second-order valence-electron chi connectivity index (χ2n) is 5.99. The Morgan fingerprint density at radius 1 is 1.08 bits per heavy atom. The number of aromatic amines is 1. The number of H-pyrrole nitrogens is 1. The van der Waals surface area contributed by atoms with Gasteiger partial charge in [-0.05, 0) is 60.5 Å². The molecule has 0 aliphatic carbocycles. The third-order valence-corrected chi connectivity index (χ3v) is 4.21. The van der Waals surface area contributed by atoms with Gasteiger partial charge in [0.15, 0.2) is 5.58 Å².